The van der Waals surface area contributed by atoms with Crippen LogP contribution in [0, 0.1) is 0 Å². The molecule has 6 heteroatoms. The number of aromatic nitrogens is 2. The molecule has 1 aromatic carbocycles. The molecule has 0 saturated heterocycles. The van der Waals surface area contributed by atoms with E-state index in [1.807, 2.05) is 41.9 Å². The van der Waals surface area contributed by atoms with Gasteiger partial charge in [-0.15, -0.1) is 0 Å². The Morgan fingerprint density at radius 3 is 3.13 bits per heavy atom. The number of nitrogens with zero attached hydrogens (tertiary/aromatic N) is 2. The quantitative estimate of drug-likeness (QED) is 0.787. The fraction of sp³-hybridized carbons (Fsp3) is 0.176. The Morgan fingerprint density at radius 1 is 1.39 bits per heavy atom. The SMILES string of the molecule is Cn1c(C(=O)NC2COc3cnccc32)cc2ccc(Cl)cc21. The largest absolute Gasteiger partial charge is 0.489 e. The number of hydrogen-bond donors (Lipinski definition) is 1. The van der Waals surface area contributed by atoms with E-state index < -0.39 is 0 Å². The first-order valence-electron chi connectivity index (χ1n) is 7.26. The van der Waals surface area contributed by atoms with Crippen LogP contribution in [0.2, 0.25) is 5.02 Å². The summed E-state index contributed by atoms with van der Waals surface area (Å²) in [6.07, 6.45) is 3.37. The Hall–Kier alpha value is -2.53. The zero-order valence-corrected chi connectivity index (χ0v) is 13.2. The third-order valence-corrected chi connectivity index (χ3v) is 4.38. The number of rotatable bonds is 2. The monoisotopic (exact) mass is 327 g/mol. The number of hydrogen-bond acceptors (Lipinski definition) is 3. The van der Waals surface area contributed by atoms with Crippen molar-refractivity contribution < 1.29 is 9.53 Å². The van der Waals surface area contributed by atoms with Crippen molar-refractivity contribution in [1.82, 2.24) is 14.9 Å². The molecular weight excluding hydrogens is 314 g/mol. The molecule has 23 heavy (non-hydrogen) atoms. The van der Waals surface area contributed by atoms with Crippen LogP contribution < -0.4 is 10.1 Å². The van der Waals surface area contributed by atoms with Gasteiger partial charge in [0.1, 0.15) is 18.1 Å². The third kappa shape index (κ3) is 2.33. The van der Waals surface area contributed by atoms with Crippen LogP contribution in [0.25, 0.3) is 10.9 Å². The first-order valence-corrected chi connectivity index (χ1v) is 7.64. The Balaban J connectivity index is 1.64. The van der Waals surface area contributed by atoms with Crippen molar-refractivity contribution in [2.24, 2.45) is 7.05 Å². The lowest BCUT2D eigenvalue weighted by atomic mass is 10.1. The van der Waals surface area contributed by atoms with E-state index in [1.165, 1.54) is 0 Å². The number of fused-ring (bicyclic) bond motifs is 2. The molecule has 1 unspecified atom stereocenters. The number of pyridine rings is 1. The topological polar surface area (TPSA) is 56.2 Å². The van der Waals surface area contributed by atoms with E-state index >= 15 is 0 Å². The van der Waals surface area contributed by atoms with Crippen LogP contribution in [0.1, 0.15) is 22.1 Å². The minimum atomic E-state index is -0.165. The summed E-state index contributed by atoms with van der Waals surface area (Å²) in [5, 5.41) is 4.65. The molecule has 0 fully saturated rings. The second-order valence-corrected chi connectivity index (χ2v) is 5.98. The number of halogens is 1. The first-order chi connectivity index (χ1) is 11.1. The van der Waals surface area contributed by atoms with Gasteiger partial charge in [-0.2, -0.15) is 0 Å². The van der Waals surface area contributed by atoms with Gasteiger partial charge in [0.2, 0.25) is 0 Å². The molecule has 1 aliphatic rings. The number of ether oxygens (including phenoxy) is 1. The zero-order chi connectivity index (χ0) is 16.0. The second-order valence-electron chi connectivity index (χ2n) is 5.54. The predicted octanol–water partition coefficient (Wildman–Crippen LogP) is 3.09. The van der Waals surface area contributed by atoms with Gasteiger partial charge < -0.3 is 14.6 Å². The Kier molecular flexibility index (Phi) is 3.23. The third-order valence-electron chi connectivity index (χ3n) is 4.14. The molecule has 0 spiro atoms. The number of aryl methyl sites for hydroxylation is 1. The molecule has 1 atom stereocenters. The highest BCUT2D eigenvalue weighted by Gasteiger charge is 2.26. The van der Waals surface area contributed by atoms with E-state index in [-0.39, 0.29) is 11.9 Å². The highest BCUT2D eigenvalue weighted by atomic mass is 35.5. The van der Waals surface area contributed by atoms with Gasteiger partial charge in [-0.3, -0.25) is 9.78 Å². The van der Waals surface area contributed by atoms with Gasteiger partial charge in [-0.05, 0) is 24.3 Å². The summed E-state index contributed by atoms with van der Waals surface area (Å²) >= 11 is 6.04. The summed E-state index contributed by atoms with van der Waals surface area (Å²) < 4.78 is 7.40. The molecule has 4 rings (SSSR count). The molecule has 0 aliphatic carbocycles. The van der Waals surface area contributed by atoms with Crippen molar-refractivity contribution in [3.05, 3.63) is 59.0 Å². The summed E-state index contributed by atoms with van der Waals surface area (Å²) in [6, 6.07) is 9.15. The summed E-state index contributed by atoms with van der Waals surface area (Å²) in [7, 11) is 1.86. The zero-order valence-electron chi connectivity index (χ0n) is 12.4. The number of carbonyl (C=O) groups excluding carboxylic acids is 1. The van der Waals surface area contributed by atoms with E-state index in [0.717, 1.165) is 22.2 Å². The van der Waals surface area contributed by atoms with Gasteiger partial charge in [0.25, 0.3) is 5.91 Å². The lowest BCUT2D eigenvalue weighted by molar-refractivity contribution is 0.0922. The molecule has 3 heterocycles. The maximum absolute atomic E-state index is 12.6. The van der Waals surface area contributed by atoms with Gasteiger partial charge in [0.15, 0.2) is 0 Å². The van der Waals surface area contributed by atoms with Crippen molar-refractivity contribution in [2.75, 3.05) is 6.61 Å². The summed E-state index contributed by atoms with van der Waals surface area (Å²) in [5.41, 5.74) is 2.47. The van der Waals surface area contributed by atoms with Crippen molar-refractivity contribution in [3.63, 3.8) is 0 Å². The Labute approximate surface area is 137 Å². The minimum absolute atomic E-state index is 0.141. The van der Waals surface area contributed by atoms with E-state index in [9.17, 15) is 4.79 Å². The van der Waals surface area contributed by atoms with Crippen molar-refractivity contribution in [1.29, 1.82) is 0 Å². The Morgan fingerprint density at radius 2 is 2.26 bits per heavy atom. The van der Waals surface area contributed by atoms with Gasteiger partial charge >= 0.3 is 0 Å². The summed E-state index contributed by atoms with van der Waals surface area (Å²) in [4.78, 5) is 16.7. The maximum atomic E-state index is 12.6. The number of carbonyl (C=O) groups is 1. The second kappa shape index (κ2) is 5.28. The molecule has 1 N–H and O–H groups in total. The van der Waals surface area contributed by atoms with Crippen LogP contribution in [0.4, 0.5) is 0 Å². The minimum Gasteiger partial charge on any atom is -0.489 e. The molecule has 0 bridgehead atoms. The average Bonchev–Trinajstić information content (AvgIpc) is 3.10. The van der Waals surface area contributed by atoms with Crippen LogP contribution >= 0.6 is 11.6 Å². The van der Waals surface area contributed by atoms with Crippen LogP contribution in [-0.2, 0) is 7.05 Å². The predicted molar refractivity (Wildman–Crippen MR) is 87.9 cm³/mol. The van der Waals surface area contributed by atoms with Crippen molar-refractivity contribution >= 4 is 28.4 Å². The van der Waals surface area contributed by atoms with Crippen molar-refractivity contribution in [3.8, 4) is 5.75 Å². The Bertz CT molecular complexity index is 919. The molecule has 2 aromatic heterocycles. The first kappa shape index (κ1) is 14.1. The van der Waals surface area contributed by atoms with Crippen LogP contribution in [-0.4, -0.2) is 22.1 Å². The van der Waals surface area contributed by atoms with Crippen LogP contribution in [0.15, 0.2) is 42.7 Å². The molecular formula is C17H14ClN3O2. The van der Waals surface area contributed by atoms with Crippen LogP contribution in [0.5, 0.6) is 5.75 Å². The van der Waals surface area contributed by atoms with E-state index in [0.29, 0.717) is 17.3 Å². The molecule has 116 valence electrons. The maximum Gasteiger partial charge on any atom is 0.268 e. The van der Waals surface area contributed by atoms with E-state index in [4.69, 9.17) is 16.3 Å². The van der Waals surface area contributed by atoms with E-state index in [2.05, 4.69) is 10.3 Å². The molecule has 3 aromatic rings. The lowest BCUT2D eigenvalue weighted by Crippen LogP contribution is -2.30. The smallest absolute Gasteiger partial charge is 0.268 e. The molecule has 0 radical (unpaired) electrons. The summed E-state index contributed by atoms with van der Waals surface area (Å²) in [5.74, 6) is 0.583. The van der Waals surface area contributed by atoms with Gasteiger partial charge in [0.05, 0.1) is 12.2 Å². The standard InChI is InChI=1S/C17H14ClN3O2/c1-21-14-7-11(18)3-2-10(14)6-15(21)17(22)20-13-9-23-16-8-19-5-4-12(13)16/h2-8,13H,9H2,1H3,(H,20,22). The molecule has 1 aliphatic heterocycles. The van der Waals surface area contributed by atoms with Gasteiger partial charge in [-0.1, -0.05) is 17.7 Å². The normalized spacial score (nSPS) is 16.2. The molecule has 1 amide bonds. The fourth-order valence-electron chi connectivity index (χ4n) is 2.93. The average molecular weight is 328 g/mol. The van der Waals surface area contributed by atoms with Crippen LogP contribution in [0.3, 0.4) is 0 Å². The summed E-state index contributed by atoms with van der Waals surface area (Å²) in [6.45, 7) is 0.419. The highest BCUT2D eigenvalue weighted by molar-refractivity contribution is 6.31. The number of nitrogens with one attached hydrogen (secondary N) is 1. The van der Waals surface area contributed by atoms with E-state index in [1.54, 1.807) is 12.4 Å². The van der Waals surface area contributed by atoms with Gasteiger partial charge in [0, 0.05) is 34.7 Å². The van der Waals surface area contributed by atoms with Crippen molar-refractivity contribution in [2.45, 2.75) is 6.04 Å². The fourth-order valence-corrected chi connectivity index (χ4v) is 3.10. The molecule has 5 nitrogen and oxygen atoms in total. The van der Waals surface area contributed by atoms with Gasteiger partial charge in [-0.25, -0.2) is 0 Å². The number of amides is 1. The number of benzene rings is 1. The highest BCUT2D eigenvalue weighted by Crippen LogP contribution is 2.31. The lowest BCUT2D eigenvalue weighted by Gasteiger charge is -2.12. The molecule has 0 saturated carbocycles.